The molecule has 3 unspecified atom stereocenters. The molecule has 0 aromatic heterocycles. The quantitative estimate of drug-likeness (QED) is 0.0990. The van der Waals surface area contributed by atoms with Crippen LogP contribution in [0.15, 0.2) is 17.6 Å². The zero-order valence-electron chi connectivity index (χ0n) is 22.5. The molecule has 0 spiro atoms. The fourth-order valence-electron chi connectivity index (χ4n) is 5.45. The molecule has 0 saturated heterocycles. The summed E-state index contributed by atoms with van der Waals surface area (Å²) in [6, 6.07) is 0. The first-order chi connectivity index (χ1) is 16.1. The van der Waals surface area contributed by atoms with Gasteiger partial charge in [0, 0.05) is 20.3 Å². The van der Waals surface area contributed by atoms with Crippen molar-refractivity contribution in [2.24, 2.45) is 4.99 Å². The molecule has 4 heteroatoms. The van der Waals surface area contributed by atoms with Gasteiger partial charge < -0.3 is 5.32 Å². The Balaban J connectivity index is 1.94. The smallest absolute Gasteiger partial charge is 0.221 e. The van der Waals surface area contributed by atoms with E-state index in [1.807, 2.05) is 6.08 Å². The third kappa shape index (κ3) is 12.8. The van der Waals surface area contributed by atoms with Gasteiger partial charge in [0.2, 0.25) is 5.91 Å². The molecule has 1 aliphatic heterocycles. The second-order valence-electron chi connectivity index (χ2n) is 10.3. The molecule has 0 aliphatic carbocycles. The lowest BCUT2D eigenvalue weighted by molar-refractivity contribution is -0.959. The summed E-state index contributed by atoms with van der Waals surface area (Å²) in [4.78, 5) is 16.3. The number of nitrogens with one attached hydrogen (secondary N) is 1. The second-order valence-corrected chi connectivity index (χ2v) is 10.3. The number of carbonyl (C=O) groups excluding carboxylic acids is 1. The van der Waals surface area contributed by atoms with Gasteiger partial charge in [0.05, 0.1) is 12.8 Å². The average molecular weight is 463 g/mol. The Morgan fingerprint density at radius 3 is 1.82 bits per heavy atom. The summed E-state index contributed by atoms with van der Waals surface area (Å²) in [5.74, 6) is 0.0598. The molecular weight excluding hydrogens is 406 g/mol. The van der Waals surface area contributed by atoms with Gasteiger partial charge >= 0.3 is 0 Å². The molecule has 0 radical (unpaired) electrons. The number of carbonyl (C=O) groups is 1. The fourth-order valence-corrected chi connectivity index (χ4v) is 5.45. The van der Waals surface area contributed by atoms with Crippen LogP contribution in [0.2, 0.25) is 0 Å². The number of amides is 1. The van der Waals surface area contributed by atoms with Gasteiger partial charge in [-0.05, 0) is 26.2 Å². The van der Waals surface area contributed by atoms with Crippen LogP contribution in [-0.4, -0.2) is 42.0 Å². The van der Waals surface area contributed by atoms with Crippen LogP contribution in [0.5, 0.6) is 0 Å². The Bertz CT molecular complexity index is 533. The molecule has 0 saturated carbocycles. The summed E-state index contributed by atoms with van der Waals surface area (Å²) in [7, 11) is 0. The highest BCUT2D eigenvalue weighted by molar-refractivity contribution is 5.73. The Labute approximate surface area is 206 Å². The van der Waals surface area contributed by atoms with Crippen LogP contribution < -0.4 is 5.32 Å². The zero-order chi connectivity index (χ0) is 24.2. The van der Waals surface area contributed by atoms with Crippen molar-refractivity contribution in [2.75, 3.05) is 13.1 Å². The number of allylic oxidation sites excluding steroid dienone is 1. The molecule has 0 bridgehead atoms. The monoisotopic (exact) mass is 462 g/mol. The van der Waals surface area contributed by atoms with E-state index < -0.39 is 0 Å². The van der Waals surface area contributed by atoms with Crippen LogP contribution in [0.1, 0.15) is 136 Å². The SMILES string of the molecule is C=CCCCCCCCCCCCCCCCCCCC1N=CC[N+]1(CC)C(C)NC(C)=O. The number of aliphatic imine (C=N–C) groups is 1. The van der Waals surface area contributed by atoms with Gasteiger partial charge in [-0.1, -0.05) is 96.0 Å². The van der Waals surface area contributed by atoms with E-state index in [1.54, 1.807) is 6.92 Å². The Morgan fingerprint density at radius 1 is 0.939 bits per heavy atom. The molecule has 4 nitrogen and oxygen atoms in total. The average Bonchev–Trinajstić information content (AvgIpc) is 3.22. The van der Waals surface area contributed by atoms with Crippen LogP contribution in [0.4, 0.5) is 0 Å². The van der Waals surface area contributed by atoms with Gasteiger partial charge in [-0.3, -0.25) is 9.28 Å². The zero-order valence-corrected chi connectivity index (χ0v) is 22.5. The van der Waals surface area contributed by atoms with Gasteiger partial charge in [0.1, 0.15) is 6.54 Å². The van der Waals surface area contributed by atoms with E-state index >= 15 is 0 Å². The maximum atomic E-state index is 11.5. The van der Waals surface area contributed by atoms with Gasteiger partial charge in [-0.25, -0.2) is 4.99 Å². The first kappa shape index (κ1) is 29.9. The van der Waals surface area contributed by atoms with Gasteiger partial charge in [-0.2, -0.15) is 0 Å². The van der Waals surface area contributed by atoms with Crippen molar-refractivity contribution in [3.05, 3.63) is 12.7 Å². The second kappa shape index (κ2) is 19.2. The standard InChI is InChI=1S/C29H55N3O/c1-5-7-8-9-10-11-12-13-14-15-16-17-18-19-20-21-22-23-24-29-30-25-26-32(29,6-2)27(3)31-28(4)33/h5,25,27,29H,1,6-24,26H2,2-4H3/p+1. The predicted molar refractivity (Wildman–Crippen MR) is 145 cm³/mol. The maximum Gasteiger partial charge on any atom is 0.221 e. The van der Waals surface area contributed by atoms with Crippen molar-refractivity contribution in [3.8, 4) is 0 Å². The van der Waals surface area contributed by atoms with E-state index in [2.05, 4.69) is 32.0 Å². The number of rotatable bonds is 22. The normalized spacial score (nSPS) is 20.8. The molecule has 1 rings (SSSR count). The van der Waals surface area contributed by atoms with E-state index in [0.29, 0.717) is 6.17 Å². The van der Waals surface area contributed by atoms with Crippen molar-refractivity contribution in [1.82, 2.24) is 5.32 Å². The molecule has 0 aromatic rings. The van der Waals surface area contributed by atoms with E-state index in [4.69, 9.17) is 4.99 Å². The van der Waals surface area contributed by atoms with E-state index in [0.717, 1.165) is 24.0 Å². The number of hydrogen-bond acceptors (Lipinski definition) is 2. The van der Waals surface area contributed by atoms with Crippen LogP contribution >= 0.6 is 0 Å². The third-order valence-electron chi connectivity index (χ3n) is 7.69. The van der Waals surface area contributed by atoms with Crippen LogP contribution in [0.3, 0.4) is 0 Å². The van der Waals surface area contributed by atoms with E-state index in [-0.39, 0.29) is 12.1 Å². The Kier molecular flexibility index (Phi) is 17.4. The predicted octanol–water partition coefficient (Wildman–Crippen LogP) is 7.92. The summed E-state index contributed by atoms with van der Waals surface area (Å²) >= 11 is 0. The van der Waals surface area contributed by atoms with E-state index in [9.17, 15) is 4.79 Å². The molecule has 1 amide bonds. The molecule has 1 aliphatic rings. The summed E-state index contributed by atoms with van der Waals surface area (Å²) in [5.41, 5.74) is 0. The highest BCUT2D eigenvalue weighted by Crippen LogP contribution is 2.27. The molecule has 192 valence electrons. The van der Waals surface area contributed by atoms with Crippen LogP contribution in [0, 0.1) is 0 Å². The van der Waals surface area contributed by atoms with Crippen LogP contribution in [-0.2, 0) is 4.79 Å². The lowest BCUT2D eigenvalue weighted by atomic mass is 10.0. The first-order valence-electron chi connectivity index (χ1n) is 14.3. The minimum absolute atomic E-state index is 0.0598. The Hall–Kier alpha value is -1.16. The lowest BCUT2D eigenvalue weighted by Crippen LogP contribution is -2.63. The summed E-state index contributed by atoms with van der Waals surface area (Å²) < 4.78 is 0.884. The molecule has 0 fully saturated rings. The largest absolute Gasteiger partial charge is 0.307 e. The minimum atomic E-state index is 0.0598. The molecule has 33 heavy (non-hydrogen) atoms. The number of quaternary nitrogens is 1. The molecule has 3 atom stereocenters. The first-order valence-corrected chi connectivity index (χ1v) is 14.3. The van der Waals surface area contributed by atoms with Crippen molar-refractivity contribution < 1.29 is 9.28 Å². The van der Waals surface area contributed by atoms with Gasteiger partial charge in [0.25, 0.3) is 0 Å². The third-order valence-corrected chi connectivity index (χ3v) is 7.69. The Morgan fingerprint density at radius 2 is 1.39 bits per heavy atom. The highest BCUT2D eigenvalue weighted by Gasteiger charge is 2.42. The van der Waals surface area contributed by atoms with Crippen molar-refractivity contribution in [2.45, 2.75) is 149 Å². The van der Waals surface area contributed by atoms with Crippen molar-refractivity contribution >= 4 is 12.1 Å². The minimum Gasteiger partial charge on any atom is -0.307 e. The topological polar surface area (TPSA) is 41.5 Å². The van der Waals surface area contributed by atoms with E-state index in [1.165, 1.54) is 109 Å². The summed E-state index contributed by atoms with van der Waals surface area (Å²) in [5, 5.41) is 3.12. The number of nitrogens with zero attached hydrogens (tertiary/aromatic N) is 2. The molecule has 1 heterocycles. The van der Waals surface area contributed by atoms with Gasteiger partial charge in [-0.15, -0.1) is 6.58 Å². The lowest BCUT2D eigenvalue weighted by Gasteiger charge is -2.42. The van der Waals surface area contributed by atoms with Gasteiger partial charge in [0.15, 0.2) is 12.3 Å². The highest BCUT2D eigenvalue weighted by atomic mass is 16.1. The number of hydrogen-bond donors (Lipinski definition) is 1. The number of unbranched alkanes of at least 4 members (excludes halogenated alkanes) is 16. The molecule has 0 aromatic carbocycles. The summed E-state index contributed by atoms with van der Waals surface area (Å²) in [6.07, 6.45) is 29.2. The molecule has 1 N–H and O–H groups in total. The van der Waals surface area contributed by atoms with Crippen molar-refractivity contribution in [3.63, 3.8) is 0 Å². The maximum absolute atomic E-state index is 11.5. The fraction of sp³-hybridized carbons (Fsp3) is 0.862. The summed E-state index contributed by atoms with van der Waals surface area (Å²) in [6.45, 7) is 11.7. The molecular formula is C29H56N3O+. The van der Waals surface area contributed by atoms with Crippen molar-refractivity contribution in [1.29, 1.82) is 0 Å². The van der Waals surface area contributed by atoms with Crippen LogP contribution in [0.25, 0.3) is 0 Å².